The average molecular weight is 287 g/mol. The number of aryl methyl sites for hydroxylation is 2. The topological polar surface area (TPSA) is 71.8 Å². The summed E-state index contributed by atoms with van der Waals surface area (Å²) in [6, 6.07) is 3.61. The number of aromatic nitrogens is 3. The molecule has 2 N–H and O–H groups in total. The van der Waals surface area contributed by atoms with E-state index < -0.39 is 0 Å². The van der Waals surface area contributed by atoms with Crippen LogP contribution < -0.4 is 10.6 Å². The lowest BCUT2D eigenvalue weighted by Crippen LogP contribution is -2.23. The van der Waals surface area contributed by atoms with Gasteiger partial charge in [-0.25, -0.2) is 0 Å². The Morgan fingerprint density at radius 2 is 2.19 bits per heavy atom. The Morgan fingerprint density at radius 1 is 1.38 bits per heavy atom. The van der Waals surface area contributed by atoms with Crippen molar-refractivity contribution in [1.29, 1.82) is 0 Å². The molecule has 6 nitrogen and oxygen atoms in total. The highest BCUT2D eigenvalue weighted by molar-refractivity contribution is 5.93. The van der Waals surface area contributed by atoms with E-state index in [1.54, 1.807) is 12.3 Å². The maximum atomic E-state index is 11.8. The van der Waals surface area contributed by atoms with Crippen molar-refractivity contribution in [1.82, 2.24) is 20.1 Å². The third-order valence-corrected chi connectivity index (χ3v) is 3.14. The molecule has 112 valence electrons. The Labute approximate surface area is 124 Å². The van der Waals surface area contributed by atoms with Gasteiger partial charge in [-0.15, -0.1) is 0 Å². The molecule has 21 heavy (non-hydrogen) atoms. The quantitative estimate of drug-likeness (QED) is 0.849. The Morgan fingerprint density at radius 3 is 2.90 bits per heavy atom. The highest BCUT2D eigenvalue weighted by Crippen LogP contribution is 2.13. The zero-order chi connectivity index (χ0) is 15.2. The number of carbonyl (C=O) groups excluding carboxylic acids is 1. The fourth-order valence-corrected chi connectivity index (χ4v) is 2.14. The van der Waals surface area contributed by atoms with Gasteiger partial charge in [-0.2, -0.15) is 5.10 Å². The summed E-state index contributed by atoms with van der Waals surface area (Å²) in [4.78, 5) is 15.8. The molecule has 0 atom stereocenters. The first-order valence-corrected chi connectivity index (χ1v) is 7.13. The predicted octanol–water partition coefficient (Wildman–Crippen LogP) is 1.74. The number of pyridine rings is 1. The maximum Gasteiger partial charge on any atom is 0.269 e. The maximum absolute atomic E-state index is 11.8. The lowest BCUT2D eigenvalue weighted by Gasteiger charge is -2.07. The molecular weight excluding hydrogens is 266 g/mol. The Kier molecular flexibility index (Phi) is 4.92. The summed E-state index contributed by atoms with van der Waals surface area (Å²) >= 11 is 0. The van der Waals surface area contributed by atoms with Gasteiger partial charge in [-0.1, -0.05) is 6.92 Å². The lowest BCUT2D eigenvalue weighted by atomic mass is 10.2. The van der Waals surface area contributed by atoms with E-state index in [0.29, 0.717) is 18.8 Å². The first kappa shape index (κ1) is 15.0. The number of rotatable bonds is 6. The third kappa shape index (κ3) is 3.81. The van der Waals surface area contributed by atoms with Crippen molar-refractivity contribution in [3.05, 3.63) is 41.5 Å². The van der Waals surface area contributed by atoms with Crippen molar-refractivity contribution in [2.75, 3.05) is 11.9 Å². The fraction of sp³-hybridized carbons (Fsp3) is 0.400. The van der Waals surface area contributed by atoms with E-state index in [1.165, 1.54) is 0 Å². The number of anilines is 1. The molecular formula is C15H21N5O. The van der Waals surface area contributed by atoms with Gasteiger partial charge in [0, 0.05) is 43.8 Å². The van der Waals surface area contributed by atoms with E-state index in [4.69, 9.17) is 0 Å². The molecule has 0 fully saturated rings. The van der Waals surface area contributed by atoms with E-state index in [9.17, 15) is 4.79 Å². The minimum Gasteiger partial charge on any atom is -0.381 e. The molecule has 0 saturated carbocycles. The largest absolute Gasteiger partial charge is 0.381 e. The van der Waals surface area contributed by atoms with Crippen LogP contribution in [-0.2, 0) is 20.0 Å². The van der Waals surface area contributed by atoms with Crippen LogP contribution in [0.4, 0.5) is 5.69 Å². The van der Waals surface area contributed by atoms with Gasteiger partial charge in [0.1, 0.15) is 5.69 Å². The molecule has 6 heteroatoms. The fourth-order valence-electron chi connectivity index (χ4n) is 2.14. The molecule has 0 aromatic carbocycles. The van der Waals surface area contributed by atoms with Gasteiger partial charge in [0.2, 0.25) is 0 Å². The lowest BCUT2D eigenvalue weighted by molar-refractivity contribution is 0.0951. The zero-order valence-electron chi connectivity index (χ0n) is 12.7. The minimum absolute atomic E-state index is 0.156. The van der Waals surface area contributed by atoms with Crippen molar-refractivity contribution in [2.45, 2.75) is 26.8 Å². The number of nitrogens with zero attached hydrogens (tertiary/aromatic N) is 3. The van der Waals surface area contributed by atoms with E-state index in [0.717, 1.165) is 23.4 Å². The molecule has 0 radical (unpaired) electrons. The summed E-state index contributed by atoms with van der Waals surface area (Å²) in [5.74, 6) is -0.156. The van der Waals surface area contributed by atoms with Gasteiger partial charge in [0.15, 0.2) is 0 Å². The van der Waals surface area contributed by atoms with Gasteiger partial charge < -0.3 is 10.6 Å². The summed E-state index contributed by atoms with van der Waals surface area (Å²) in [5.41, 5.74) is 3.54. The predicted molar refractivity (Wildman–Crippen MR) is 82.2 cm³/mol. The second-order valence-corrected chi connectivity index (χ2v) is 4.77. The van der Waals surface area contributed by atoms with Gasteiger partial charge in [-0.05, 0) is 25.5 Å². The molecule has 0 unspecified atom stereocenters. The SMILES string of the molecule is CCNC(=O)c1cc(NCc2cn(C)nc2CC)ccn1. The van der Waals surface area contributed by atoms with Crippen LogP contribution in [0.25, 0.3) is 0 Å². The molecule has 0 saturated heterocycles. The average Bonchev–Trinajstić information content (AvgIpc) is 2.86. The van der Waals surface area contributed by atoms with Crippen LogP contribution in [-0.4, -0.2) is 27.2 Å². The van der Waals surface area contributed by atoms with Crippen molar-refractivity contribution >= 4 is 11.6 Å². The Bertz CT molecular complexity index is 620. The van der Waals surface area contributed by atoms with Crippen molar-refractivity contribution in [3.8, 4) is 0 Å². The normalized spacial score (nSPS) is 10.4. The van der Waals surface area contributed by atoms with Crippen LogP contribution in [0.3, 0.4) is 0 Å². The van der Waals surface area contributed by atoms with Gasteiger partial charge in [0.25, 0.3) is 5.91 Å². The number of nitrogens with one attached hydrogen (secondary N) is 2. The van der Waals surface area contributed by atoms with Crippen LogP contribution >= 0.6 is 0 Å². The molecule has 0 spiro atoms. The van der Waals surface area contributed by atoms with Crippen molar-refractivity contribution in [3.63, 3.8) is 0 Å². The number of hydrogen-bond donors (Lipinski definition) is 2. The summed E-state index contributed by atoms with van der Waals surface area (Å²) in [6.07, 6.45) is 4.55. The molecule has 0 bridgehead atoms. The van der Waals surface area contributed by atoms with E-state index in [2.05, 4.69) is 27.6 Å². The molecule has 2 aromatic heterocycles. The molecule has 2 aromatic rings. The molecule has 0 aliphatic rings. The van der Waals surface area contributed by atoms with Crippen LogP contribution in [0.15, 0.2) is 24.5 Å². The van der Waals surface area contributed by atoms with E-state index >= 15 is 0 Å². The Hall–Kier alpha value is -2.37. The van der Waals surface area contributed by atoms with Gasteiger partial charge >= 0.3 is 0 Å². The van der Waals surface area contributed by atoms with E-state index in [1.807, 2.05) is 30.9 Å². The second kappa shape index (κ2) is 6.88. The molecule has 1 amide bonds. The molecule has 2 rings (SSSR count). The molecule has 0 aliphatic carbocycles. The summed E-state index contributed by atoms with van der Waals surface area (Å²) in [5, 5.41) is 10.5. The first-order valence-electron chi connectivity index (χ1n) is 7.13. The van der Waals surface area contributed by atoms with Gasteiger partial charge in [0.05, 0.1) is 5.69 Å². The van der Waals surface area contributed by atoms with Crippen LogP contribution in [0.2, 0.25) is 0 Å². The van der Waals surface area contributed by atoms with Crippen molar-refractivity contribution < 1.29 is 4.79 Å². The smallest absolute Gasteiger partial charge is 0.269 e. The summed E-state index contributed by atoms with van der Waals surface area (Å²) in [7, 11) is 1.92. The van der Waals surface area contributed by atoms with Crippen molar-refractivity contribution in [2.24, 2.45) is 7.05 Å². The Balaban J connectivity index is 2.06. The number of carbonyl (C=O) groups is 1. The number of hydrogen-bond acceptors (Lipinski definition) is 4. The molecule has 0 aliphatic heterocycles. The van der Waals surface area contributed by atoms with Crippen LogP contribution in [0.1, 0.15) is 35.6 Å². The first-order chi connectivity index (χ1) is 10.1. The highest BCUT2D eigenvalue weighted by Gasteiger charge is 2.08. The van der Waals surface area contributed by atoms with Crippen LogP contribution in [0.5, 0.6) is 0 Å². The van der Waals surface area contributed by atoms with Gasteiger partial charge in [-0.3, -0.25) is 14.5 Å². The standard InChI is InChI=1S/C15H21N5O/c1-4-13-11(10-20(3)19-13)9-18-12-6-7-17-14(8-12)15(21)16-5-2/h6-8,10H,4-5,9H2,1-3H3,(H,16,21)(H,17,18). The monoisotopic (exact) mass is 287 g/mol. The number of amides is 1. The van der Waals surface area contributed by atoms with E-state index in [-0.39, 0.29) is 5.91 Å². The summed E-state index contributed by atoms with van der Waals surface area (Å²) in [6.45, 7) is 5.24. The molecule has 2 heterocycles. The third-order valence-electron chi connectivity index (χ3n) is 3.14. The zero-order valence-corrected chi connectivity index (χ0v) is 12.7. The van der Waals surface area contributed by atoms with Crippen LogP contribution in [0, 0.1) is 0 Å². The second-order valence-electron chi connectivity index (χ2n) is 4.77. The minimum atomic E-state index is -0.156. The highest BCUT2D eigenvalue weighted by atomic mass is 16.1. The summed E-state index contributed by atoms with van der Waals surface area (Å²) < 4.78 is 1.82.